The Labute approximate surface area is 95.6 Å². The summed E-state index contributed by atoms with van der Waals surface area (Å²) in [5.41, 5.74) is 8.04. The predicted molar refractivity (Wildman–Crippen MR) is 61.4 cm³/mol. The lowest BCUT2D eigenvalue weighted by Gasteiger charge is -2.27. The first-order chi connectivity index (χ1) is 7.65. The molecule has 0 spiro atoms. The van der Waals surface area contributed by atoms with E-state index in [1.54, 1.807) is 7.11 Å². The molecule has 3 heteroatoms. The molecule has 0 heterocycles. The number of benzene rings is 1. The van der Waals surface area contributed by atoms with Crippen molar-refractivity contribution in [1.29, 1.82) is 0 Å². The van der Waals surface area contributed by atoms with Gasteiger partial charge in [-0.3, -0.25) is 0 Å². The molecule has 88 valence electrons. The highest BCUT2D eigenvalue weighted by atomic mass is 19.1. The number of nitrogens with two attached hydrogens (primary N) is 1. The van der Waals surface area contributed by atoms with E-state index in [4.69, 9.17) is 10.5 Å². The molecule has 0 atom stereocenters. The largest absolute Gasteiger partial charge is 0.380 e. The van der Waals surface area contributed by atoms with E-state index in [9.17, 15) is 4.39 Å². The Kier molecular flexibility index (Phi) is 3.26. The lowest BCUT2D eigenvalue weighted by atomic mass is 9.86. The van der Waals surface area contributed by atoms with Gasteiger partial charge in [-0.05, 0) is 36.1 Å². The number of halogens is 1. The van der Waals surface area contributed by atoms with Gasteiger partial charge in [0.25, 0.3) is 0 Å². The second kappa shape index (κ2) is 4.52. The second-order valence-corrected chi connectivity index (χ2v) is 4.60. The van der Waals surface area contributed by atoms with Crippen molar-refractivity contribution in [2.24, 2.45) is 5.73 Å². The monoisotopic (exact) mass is 223 g/mol. The highest BCUT2D eigenvalue weighted by Gasteiger charge is 2.33. The molecule has 0 unspecified atom stereocenters. The van der Waals surface area contributed by atoms with Crippen molar-refractivity contribution in [3.05, 3.63) is 35.1 Å². The van der Waals surface area contributed by atoms with Gasteiger partial charge in [0.2, 0.25) is 0 Å². The zero-order chi connectivity index (χ0) is 11.6. The van der Waals surface area contributed by atoms with Gasteiger partial charge in [0.15, 0.2) is 0 Å². The summed E-state index contributed by atoms with van der Waals surface area (Å²) in [6, 6.07) is 4.84. The standard InChI is InChI=1S/C13H18FNO/c1-16-9-10-8-11(14)4-5-12(10)13(15)6-2-3-7-13/h4-5,8H,2-3,6-7,9,15H2,1H3. The van der Waals surface area contributed by atoms with Gasteiger partial charge in [-0.15, -0.1) is 0 Å². The molecule has 0 aliphatic heterocycles. The van der Waals surface area contributed by atoms with Crippen LogP contribution in [0, 0.1) is 5.82 Å². The van der Waals surface area contributed by atoms with Crippen LogP contribution in [0.2, 0.25) is 0 Å². The van der Waals surface area contributed by atoms with Gasteiger partial charge in [-0.25, -0.2) is 4.39 Å². The van der Waals surface area contributed by atoms with Gasteiger partial charge in [0.05, 0.1) is 6.61 Å². The quantitative estimate of drug-likeness (QED) is 0.855. The van der Waals surface area contributed by atoms with E-state index in [0.717, 1.165) is 36.8 Å². The number of ether oxygens (including phenoxy) is 1. The van der Waals surface area contributed by atoms with E-state index in [1.165, 1.54) is 12.1 Å². The molecule has 1 aromatic carbocycles. The molecule has 0 saturated heterocycles. The zero-order valence-electron chi connectivity index (χ0n) is 9.63. The van der Waals surface area contributed by atoms with Gasteiger partial charge in [0, 0.05) is 12.6 Å². The fourth-order valence-electron chi connectivity index (χ4n) is 2.60. The summed E-state index contributed by atoms with van der Waals surface area (Å²) in [5, 5.41) is 0. The van der Waals surface area contributed by atoms with E-state index >= 15 is 0 Å². The average Bonchev–Trinajstić information content (AvgIpc) is 2.66. The van der Waals surface area contributed by atoms with Crippen LogP contribution >= 0.6 is 0 Å². The molecule has 2 nitrogen and oxygen atoms in total. The number of methoxy groups -OCH3 is 1. The topological polar surface area (TPSA) is 35.2 Å². The van der Waals surface area contributed by atoms with Gasteiger partial charge in [-0.1, -0.05) is 18.9 Å². The smallest absolute Gasteiger partial charge is 0.123 e. The molecule has 1 saturated carbocycles. The van der Waals surface area contributed by atoms with Crippen LogP contribution in [0.3, 0.4) is 0 Å². The van der Waals surface area contributed by atoms with Crippen LogP contribution in [0.4, 0.5) is 4.39 Å². The second-order valence-electron chi connectivity index (χ2n) is 4.60. The third-order valence-corrected chi connectivity index (χ3v) is 3.40. The minimum atomic E-state index is -0.276. The van der Waals surface area contributed by atoms with Gasteiger partial charge >= 0.3 is 0 Å². The van der Waals surface area contributed by atoms with E-state index in [-0.39, 0.29) is 11.4 Å². The Hall–Kier alpha value is -0.930. The summed E-state index contributed by atoms with van der Waals surface area (Å²) >= 11 is 0. The van der Waals surface area contributed by atoms with Crippen LogP contribution in [0.5, 0.6) is 0 Å². The summed E-state index contributed by atoms with van der Waals surface area (Å²) in [4.78, 5) is 0. The van der Waals surface area contributed by atoms with Crippen molar-refractivity contribution in [1.82, 2.24) is 0 Å². The summed E-state index contributed by atoms with van der Waals surface area (Å²) in [5.74, 6) is -0.225. The molecule has 1 aliphatic carbocycles. The summed E-state index contributed by atoms with van der Waals surface area (Å²) in [7, 11) is 1.62. The summed E-state index contributed by atoms with van der Waals surface area (Å²) in [6.07, 6.45) is 4.27. The van der Waals surface area contributed by atoms with Crippen molar-refractivity contribution in [3.8, 4) is 0 Å². The predicted octanol–water partition coefficient (Wildman–Crippen LogP) is 2.70. The van der Waals surface area contributed by atoms with E-state index in [2.05, 4.69) is 0 Å². The average molecular weight is 223 g/mol. The first-order valence-electron chi connectivity index (χ1n) is 5.72. The SMILES string of the molecule is COCc1cc(F)ccc1C1(N)CCCC1. The van der Waals surface area contributed by atoms with Crippen LogP contribution in [0.15, 0.2) is 18.2 Å². The Balaban J connectivity index is 2.38. The van der Waals surface area contributed by atoms with E-state index in [1.807, 2.05) is 6.07 Å². The minimum absolute atomic E-state index is 0.225. The van der Waals surface area contributed by atoms with Gasteiger partial charge in [-0.2, -0.15) is 0 Å². The molecule has 16 heavy (non-hydrogen) atoms. The normalized spacial score (nSPS) is 18.9. The number of hydrogen-bond donors (Lipinski definition) is 1. The van der Waals surface area contributed by atoms with Crippen molar-refractivity contribution in [2.75, 3.05) is 7.11 Å². The first kappa shape index (κ1) is 11.6. The summed E-state index contributed by atoms with van der Waals surface area (Å²) in [6.45, 7) is 0.423. The molecule has 1 aromatic rings. The number of rotatable bonds is 3. The molecule has 0 radical (unpaired) electrons. The molecule has 2 rings (SSSR count). The molecule has 0 bridgehead atoms. The maximum atomic E-state index is 13.2. The third-order valence-electron chi connectivity index (χ3n) is 3.40. The molecule has 2 N–H and O–H groups in total. The fourth-order valence-corrected chi connectivity index (χ4v) is 2.60. The van der Waals surface area contributed by atoms with Crippen molar-refractivity contribution in [3.63, 3.8) is 0 Å². The fraction of sp³-hybridized carbons (Fsp3) is 0.538. The lowest BCUT2D eigenvalue weighted by Crippen LogP contribution is -2.34. The van der Waals surface area contributed by atoms with E-state index in [0.29, 0.717) is 6.61 Å². The Morgan fingerprint density at radius 1 is 1.38 bits per heavy atom. The maximum Gasteiger partial charge on any atom is 0.123 e. The Morgan fingerprint density at radius 2 is 2.06 bits per heavy atom. The van der Waals surface area contributed by atoms with E-state index < -0.39 is 0 Å². The highest BCUT2D eigenvalue weighted by molar-refractivity contribution is 5.34. The van der Waals surface area contributed by atoms with Crippen molar-refractivity contribution >= 4 is 0 Å². The van der Waals surface area contributed by atoms with Crippen LogP contribution in [-0.4, -0.2) is 7.11 Å². The highest BCUT2D eigenvalue weighted by Crippen LogP contribution is 2.38. The van der Waals surface area contributed by atoms with Crippen LogP contribution in [-0.2, 0) is 16.9 Å². The van der Waals surface area contributed by atoms with Crippen molar-refractivity contribution < 1.29 is 9.13 Å². The maximum absolute atomic E-state index is 13.2. The summed E-state index contributed by atoms with van der Waals surface area (Å²) < 4.78 is 18.3. The molecule has 0 aromatic heterocycles. The molecular weight excluding hydrogens is 205 g/mol. The lowest BCUT2D eigenvalue weighted by molar-refractivity contribution is 0.182. The first-order valence-corrected chi connectivity index (χ1v) is 5.72. The Morgan fingerprint density at radius 3 is 2.69 bits per heavy atom. The van der Waals surface area contributed by atoms with Crippen LogP contribution in [0.1, 0.15) is 36.8 Å². The Bertz CT molecular complexity index is 372. The van der Waals surface area contributed by atoms with Gasteiger partial charge < -0.3 is 10.5 Å². The molecule has 0 amide bonds. The van der Waals surface area contributed by atoms with Crippen molar-refractivity contribution in [2.45, 2.75) is 37.8 Å². The minimum Gasteiger partial charge on any atom is -0.380 e. The zero-order valence-corrected chi connectivity index (χ0v) is 9.63. The van der Waals surface area contributed by atoms with Crippen LogP contribution in [0.25, 0.3) is 0 Å². The van der Waals surface area contributed by atoms with Gasteiger partial charge in [0.1, 0.15) is 5.82 Å². The van der Waals surface area contributed by atoms with Crippen LogP contribution < -0.4 is 5.73 Å². The molecule has 1 fully saturated rings. The third kappa shape index (κ3) is 2.11. The number of hydrogen-bond acceptors (Lipinski definition) is 2. The molecular formula is C13H18FNO. The molecule has 1 aliphatic rings.